The van der Waals surface area contributed by atoms with Crippen molar-refractivity contribution in [3.8, 4) is 5.75 Å². The van der Waals surface area contributed by atoms with Crippen LogP contribution in [0.25, 0.3) is 0 Å². The number of carboxylic acids is 1. The number of phenols is 1. The Morgan fingerprint density at radius 3 is 1.90 bits per heavy atom. The number of carbonyl (C=O) groups excluding carboxylic acids is 4. The zero-order chi connectivity index (χ0) is 31.7. The summed E-state index contributed by atoms with van der Waals surface area (Å²) in [6, 6.07) is 1.26. The second-order valence-electron chi connectivity index (χ2n) is 12.2. The van der Waals surface area contributed by atoms with Gasteiger partial charge in [0, 0.05) is 13.0 Å². The highest BCUT2D eigenvalue weighted by molar-refractivity contribution is 5.95. The lowest BCUT2D eigenvalue weighted by Crippen LogP contribution is -2.60. The molecule has 1 saturated heterocycles. The van der Waals surface area contributed by atoms with Crippen LogP contribution in [0, 0.1) is 17.8 Å². The minimum atomic E-state index is -1.12. The van der Waals surface area contributed by atoms with E-state index in [1.165, 1.54) is 17.0 Å². The molecule has 4 amide bonds. The van der Waals surface area contributed by atoms with Gasteiger partial charge in [0.2, 0.25) is 23.6 Å². The zero-order valence-corrected chi connectivity index (χ0v) is 25.4. The maximum Gasteiger partial charge on any atom is 0.326 e. The fourth-order valence-corrected chi connectivity index (χ4v) is 5.00. The Hall–Kier alpha value is -3.67. The number of benzene rings is 1. The van der Waals surface area contributed by atoms with E-state index in [0.29, 0.717) is 24.8 Å². The Labute approximate surface area is 247 Å². The van der Waals surface area contributed by atoms with E-state index >= 15 is 0 Å². The number of carbonyl (C=O) groups is 5. The number of rotatable bonds is 14. The summed E-state index contributed by atoms with van der Waals surface area (Å²) in [5, 5.41) is 27.5. The predicted molar refractivity (Wildman–Crippen MR) is 157 cm³/mol. The fourth-order valence-electron chi connectivity index (χ4n) is 5.00. The van der Waals surface area contributed by atoms with E-state index in [9.17, 15) is 34.2 Å². The summed E-state index contributed by atoms with van der Waals surface area (Å²) in [6.45, 7) is 11.1. The number of amides is 4. The van der Waals surface area contributed by atoms with E-state index in [1.54, 1.807) is 39.8 Å². The van der Waals surface area contributed by atoms with E-state index < -0.39 is 59.8 Å². The van der Waals surface area contributed by atoms with E-state index in [0.717, 1.165) is 0 Å². The van der Waals surface area contributed by atoms with Crippen LogP contribution in [-0.4, -0.2) is 81.5 Å². The van der Waals surface area contributed by atoms with Crippen molar-refractivity contribution in [2.45, 2.75) is 97.4 Å². The number of hydrogen-bond donors (Lipinski definition) is 6. The topological polar surface area (TPSA) is 191 Å². The first-order valence-corrected chi connectivity index (χ1v) is 14.6. The second-order valence-corrected chi connectivity index (χ2v) is 12.2. The highest BCUT2D eigenvalue weighted by Crippen LogP contribution is 2.21. The van der Waals surface area contributed by atoms with Crippen molar-refractivity contribution >= 4 is 29.6 Å². The third kappa shape index (κ3) is 9.71. The van der Waals surface area contributed by atoms with Crippen LogP contribution >= 0.6 is 0 Å². The van der Waals surface area contributed by atoms with E-state index in [-0.39, 0.29) is 36.5 Å². The lowest BCUT2D eigenvalue weighted by atomic mass is 9.97. The Kier molecular flexibility index (Phi) is 12.8. The van der Waals surface area contributed by atoms with Crippen molar-refractivity contribution < 1.29 is 34.2 Å². The molecule has 2 rings (SSSR count). The number of carboxylic acid groups (broad SMARTS) is 1. The van der Waals surface area contributed by atoms with Crippen molar-refractivity contribution in [1.82, 2.24) is 20.9 Å². The molecule has 234 valence electrons. The molecule has 0 aliphatic carbocycles. The molecule has 1 aliphatic rings. The summed E-state index contributed by atoms with van der Waals surface area (Å²) < 4.78 is 0. The lowest BCUT2D eigenvalue weighted by molar-refractivity contribution is -0.149. The quantitative estimate of drug-likeness (QED) is 0.186. The number of phenolic OH excluding ortho intramolecular Hbond substituents is 1. The van der Waals surface area contributed by atoms with Crippen molar-refractivity contribution in [2.24, 2.45) is 23.5 Å². The van der Waals surface area contributed by atoms with Gasteiger partial charge in [0.05, 0.1) is 6.04 Å². The first kappa shape index (κ1) is 34.5. The molecule has 42 heavy (non-hydrogen) atoms. The molecule has 0 saturated carbocycles. The van der Waals surface area contributed by atoms with Crippen molar-refractivity contribution in [2.75, 3.05) is 6.54 Å². The molecule has 1 heterocycles. The molecular formula is C30H47N5O7. The molecule has 0 unspecified atom stereocenters. The van der Waals surface area contributed by atoms with Gasteiger partial charge in [0.1, 0.15) is 29.9 Å². The molecule has 1 aliphatic heterocycles. The minimum absolute atomic E-state index is 0.0377. The molecule has 12 nitrogen and oxygen atoms in total. The lowest BCUT2D eigenvalue weighted by Gasteiger charge is -2.31. The summed E-state index contributed by atoms with van der Waals surface area (Å²) in [5.74, 6) is -3.75. The maximum atomic E-state index is 13.6. The third-order valence-corrected chi connectivity index (χ3v) is 7.37. The van der Waals surface area contributed by atoms with Gasteiger partial charge < -0.3 is 36.8 Å². The van der Waals surface area contributed by atoms with Crippen LogP contribution in [0.2, 0.25) is 0 Å². The Balaban J connectivity index is 2.26. The molecule has 1 aromatic carbocycles. The highest BCUT2D eigenvalue weighted by Gasteiger charge is 2.39. The number of hydrogen-bond acceptors (Lipinski definition) is 7. The van der Waals surface area contributed by atoms with Crippen LogP contribution in [0.3, 0.4) is 0 Å². The van der Waals surface area contributed by atoms with E-state index in [2.05, 4.69) is 16.0 Å². The Morgan fingerprint density at radius 2 is 1.40 bits per heavy atom. The molecule has 1 fully saturated rings. The maximum absolute atomic E-state index is 13.6. The van der Waals surface area contributed by atoms with Gasteiger partial charge in [-0.2, -0.15) is 0 Å². The molecule has 12 heteroatoms. The number of aromatic hydroxyl groups is 1. The normalized spacial score (nSPS) is 18.0. The second kappa shape index (κ2) is 15.5. The monoisotopic (exact) mass is 589 g/mol. The number of nitrogens with zero attached hydrogens (tertiary/aromatic N) is 1. The minimum Gasteiger partial charge on any atom is -0.508 e. The SMILES string of the molecule is CC(C)C[C@H](N)C(=O)N[C@H](C(=O)N[C@H](C(=O)N[C@@H](Cc1ccc(O)cc1)C(=O)N1CCC[C@H]1C(=O)O)C(C)C)C(C)C. The molecule has 7 N–H and O–H groups in total. The number of likely N-dealkylation sites (tertiary alicyclic amines) is 1. The summed E-state index contributed by atoms with van der Waals surface area (Å²) in [6.07, 6.45) is 1.33. The summed E-state index contributed by atoms with van der Waals surface area (Å²) >= 11 is 0. The fraction of sp³-hybridized carbons (Fsp3) is 0.633. The van der Waals surface area contributed by atoms with Gasteiger partial charge in [0.25, 0.3) is 0 Å². The zero-order valence-electron chi connectivity index (χ0n) is 25.4. The van der Waals surface area contributed by atoms with Crippen molar-refractivity contribution in [1.29, 1.82) is 0 Å². The first-order chi connectivity index (χ1) is 19.6. The Bertz CT molecular complexity index is 1110. The molecule has 0 radical (unpaired) electrons. The number of aliphatic carboxylic acids is 1. The van der Waals surface area contributed by atoms with Gasteiger partial charge in [0.15, 0.2) is 0 Å². The van der Waals surface area contributed by atoms with Gasteiger partial charge in [-0.05, 0) is 54.7 Å². The van der Waals surface area contributed by atoms with Crippen LogP contribution in [-0.2, 0) is 30.4 Å². The van der Waals surface area contributed by atoms with Gasteiger partial charge in [-0.1, -0.05) is 53.7 Å². The van der Waals surface area contributed by atoms with Gasteiger partial charge in [-0.15, -0.1) is 0 Å². The van der Waals surface area contributed by atoms with Crippen LogP contribution in [0.15, 0.2) is 24.3 Å². The van der Waals surface area contributed by atoms with Crippen LogP contribution in [0.5, 0.6) is 5.75 Å². The number of nitrogens with two attached hydrogens (primary N) is 1. The summed E-state index contributed by atoms with van der Waals surface area (Å²) in [4.78, 5) is 66.2. The van der Waals surface area contributed by atoms with E-state index in [1.807, 2.05) is 13.8 Å². The van der Waals surface area contributed by atoms with Gasteiger partial charge >= 0.3 is 5.97 Å². The largest absolute Gasteiger partial charge is 0.508 e. The molecule has 0 aromatic heterocycles. The average molecular weight is 590 g/mol. The predicted octanol–water partition coefficient (Wildman–Crippen LogP) is 1.15. The van der Waals surface area contributed by atoms with E-state index in [4.69, 9.17) is 5.73 Å². The highest BCUT2D eigenvalue weighted by atomic mass is 16.4. The van der Waals surface area contributed by atoms with Gasteiger partial charge in [-0.3, -0.25) is 19.2 Å². The molecule has 0 spiro atoms. The average Bonchev–Trinajstić information content (AvgIpc) is 3.40. The van der Waals surface area contributed by atoms with Crippen LogP contribution in [0.4, 0.5) is 0 Å². The number of nitrogens with one attached hydrogen (secondary N) is 3. The molecular weight excluding hydrogens is 542 g/mol. The van der Waals surface area contributed by atoms with Crippen molar-refractivity contribution in [3.63, 3.8) is 0 Å². The summed E-state index contributed by atoms with van der Waals surface area (Å²) in [7, 11) is 0. The van der Waals surface area contributed by atoms with Crippen LogP contribution in [0.1, 0.15) is 66.4 Å². The smallest absolute Gasteiger partial charge is 0.326 e. The standard InChI is InChI=1S/C30H47N5O7/c1-16(2)14-21(31)26(37)33-25(18(5)6)28(39)34-24(17(3)4)27(38)32-22(15-19-9-11-20(36)12-10-19)29(40)35-13-7-8-23(35)30(41)42/h9-12,16-18,21-25,36H,7-8,13-15,31H2,1-6H3,(H,32,38)(H,33,37)(H,34,39)(H,41,42)/t21-,22-,23-,24-,25-/m0/s1. The van der Waals surface area contributed by atoms with Crippen LogP contribution < -0.4 is 21.7 Å². The molecule has 1 aromatic rings. The molecule has 0 bridgehead atoms. The van der Waals surface area contributed by atoms with Gasteiger partial charge in [-0.25, -0.2) is 4.79 Å². The summed E-state index contributed by atoms with van der Waals surface area (Å²) in [5.41, 5.74) is 6.65. The third-order valence-electron chi connectivity index (χ3n) is 7.37. The van der Waals surface area contributed by atoms with Crippen molar-refractivity contribution in [3.05, 3.63) is 29.8 Å². The Morgan fingerprint density at radius 1 is 0.881 bits per heavy atom. The first-order valence-electron chi connectivity index (χ1n) is 14.6. The molecule has 5 atom stereocenters.